The number of halogens is 1. The van der Waals surface area contributed by atoms with Gasteiger partial charge in [0.15, 0.2) is 11.5 Å². The van der Waals surface area contributed by atoms with Crippen LogP contribution in [0.1, 0.15) is 61.7 Å². The summed E-state index contributed by atoms with van der Waals surface area (Å²) in [4.78, 5) is 14.8. The normalized spacial score (nSPS) is 12.9. The Morgan fingerprint density at radius 1 is 1.05 bits per heavy atom. The van der Waals surface area contributed by atoms with Crippen LogP contribution in [0.2, 0.25) is 0 Å². The third kappa shape index (κ3) is 5.82. The highest BCUT2D eigenvalue weighted by Crippen LogP contribution is 2.38. The molecule has 0 spiro atoms. The maximum atomic E-state index is 13.5. The fourth-order valence-corrected chi connectivity index (χ4v) is 6.84. The van der Waals surface area contributed by atoms with Gasteiger partial charge >= 0.3 is 0 Å². The lowest BCUT2D eigenvalue weighted by Crippen LogP contribution is -2.21. The number of nitrogens with zero attached hydrogens (tertiary/aromatic N) is 2. The largest absolute Gasteiger partial charge is 0.493 e. The minimum absolute atomic E-state index is 0.186. The molecule has 202 valence electrons. The number of hydrogen-bond acceptors (Lipinski definition) is 5. The summed E-state index contributed by atoms with van der Waals surface area (Å²) in [7, 11) is 1.61. The lowest BCUT2D eigenvalue weighted by molar-refractivity contribution is 0.0954. The van der Waals surface area contributed by atoms with Crippen molar-refractivity contribution >= 4 is 39.4 Å². The molecule has 5 rings (SSSR count). The number of aromatic nitrogens is 1. The Balaban J connectivity index is 1.35. The smallest absolute Gasteiger partial charge is 0.274 e. The zero-order valence-corrected chi connectivity index (χ0v) is 25.0. The van der Waals surface area contributed by atoms with E-state index in [9.17, 15) is 4.79 Å². The summed E-state index contributed by atoms with van der Waals surface area (Å²) < 4.78 is 14.6. The number of carbonyl (C=O) groups is 1. The fourth-order valence-electron chi connectivity index (χ4n) is 4.92. The fraction of sp³-hybridized carbons (Fsp3) is 0.290. The Hall–Kier alpha value is -3.36. The standard InChI is InChI=1S/C31H32BrN3O3S/c1-19-9-13-22(14-10-19)18-38-27-16-25(32)23(15-26(27)37-4)17-33-34-30(36)29-24-7-5-6-8-28(24)39-31(29)35-20(2)11-12-21(35)3/h9-17H,5-8,18H2,1-4H3,(H,34,36)/b33-17+. The summed E-state index contributed by atoms with van der Waals surface area (Å²) in [5, 5.41) is 5.31. The molecule has 2 aromatic carbocycles. The van der Waals surface area contributed by atoms with Crippen molar-refractivity contribution in [1.82, 2.24) is 9.99 Å². The molecule has 0 saturated heterocycles. The number of ether oxygens (including phenoxy) is 2. The van der Waals surface area contributed by atoms with E-state index in [0.29, 0.717) is 18.1 Å². The number of fused-ring (bicyclic) bond motifs is 1. The van der Waals surface area contributed by atoms with E-state index in [-0.39, 0.29) is 5.91 Å². The number of aryl methyl sites for hydroxylation is 4. The Bertz CT molecular complexity index is 1520. The quantitative estimate of drug-likeness (QED) is 0.167. The van der Waals surface area contributed by atoms with Crippen LogP contribution in [0.3, 0.4) is 0 Å². The third-order valence-electron chi connectivity index (χ3n) is 7.02. The highest BCUT2D eigenvalue weighted by atomic mass is 79.9. The summed E-state index contributed by atoms with van der Waals surface area (Å²) in [5.41, 5.74) is 9.97. The van der Waals surface area contributed by atoms with Gasteiger partial charge in [-0.3, -0.25) is 4.79 Å². The summed E-state index contributed by atoms with van der Waals surface area (Å²) in [6.07, 6.45) is 5.83. The minimum atomic E-state index is -0.186. The Morgan fingerprint density at radius 2 is 1.77 bits per heavy atom. The summed E-state index contributed by atoms with van der Waals surface area (Å²) in [6.45, 7) is 6.64. The van der Waals surface area contributed by atoms with Crippen molar-refractivity contribution in [1.29, 1.82) is 0 Å². The Kier molecular flexibility index (Phi) is 8.23. The highest BCUT2D eigenvalue weighted by molar-refractivity contribution is 9.10. The zero-order valence-electron chi connectivity index (χ0n) is 22.6. The molecule has 8 heteroatoms. The molecule has 0 saturated carbocycles. The van der Waals surface area contributed by atoms with Gasteiger partial charge in [-0.25, -0.2) is 5.43 Å². The second kappa shape index (κ2) is 11.8. The molecule has 1 aliphatic rings. The van der Waals surface area contributed by atoms with Gasteiger partial charge < -0.3 is 14.0 Å². The second-order valence-corrected chi connectivity index (χ2v) is 11.8. The first kappa shape index (κ1) is 27.2. The van der Waals surface area contributed by atoms with Crippen LogP contribution in [0.15, 0.2) is 58.1 Å². The van der Waals surface area contributed by atoms with Crippen molar-refractivity contribution in [3.63, 3.8) is 0 Å². The van der Waals surface area contributed by atoms with Crippen LogP contribution in [0.4, 0.5) is 0 Å². The van der Waals surface area contributed by atoms with E-state index >= 15 is 0 Å². The number of nitrogens with one attached hydrogen (secondary N) is 1. The van der Waals surface area contributed by atoms with Crippen molar-refractivity contribution in [2.45, 2.75) is 53.1 Å². The summed E-state index contributed by atoms with van der Waals surface area (Å²) >= 11 is 5.35. The molecule has 2 heterocycles. The lowest BCUT2D eigenvalue weighted by Gasteiger charge is -2.14. The van der Waals surface area contributed by atoms with E-state index in [1.165, 1.54) is 16.0 Å². The van der Waals surface area contributed by atoms with Crippen LogP contribution >= 0.6 is 27.3 Å². The van der Waals surface area contributed by atoms with Gasteiger partial charge in [-0.2, -0.15) is 5.10 Å². The molecule has 4 aromatic rings. The van der Waals surface area contributed by atoms with Crippen molar-refractivity contribution in [3.8, 4) is 16.5 Å². The number of carbonyl (C=O) groups excluding carboxylic acids is 1. The predicted molar refractivity (Wildman–Crippen MR) is 161 cm³/mol. The van der Waals surface area contributed by atoms with Gasteiger partial charge in [0.25, 0.3) is 5.91 Å². The molecule has 0 radical (unpaired) electrons. The second-order valence-electron chi connectivity index (χ2n) is 9.84. The number of rotatable bonds is 8. The number of hydrogen-bond donors (Lipinski definition) is 1. The zero-order chi connectivity index (χ0) is 27.5. The maximum Gasteiger partial charge on any atom is 0.274 e. The molecule has 2 aromatic heterocycles. The van der Waals surface area contributed by atoms with Gasteiger partial charge in [0.05, 0.1) is 18.9 Å². The number of methoxy groups -OCH3 is 1. The Morgan fingerprint density at radius 3 is 2.49 bits per heavy atom. The molecular formula is C31H32BrN3O3S. The SMILES string of the molecule is COc1cc(/C=N/NC(=O)c2c(-n3c(C)ccc3C)sc3c2CCCC3)c(Br)cc1OCc1ccc(C)cc1. The van der Waals surface area contributed by atoms with E-state index in [0.717, 1.165) is 63.2 Å². The average molecular weight is 607 g/mol. The van der Waals surface area contributed by atoms with Crippen molar-refractivity contribution < 1.29 is 14.3 Å². The van der Waals surface area contributed by atoms with E-state index in [1.807, 2.05) is 12.1 Å². The monoisotopic (exact) mass is 605 g/mol. The summed E-state index contributed by atoms with van der Waals surface area (Å²) in [6, 6.07) is 16.1. The van der Waals surface area contributed by atoms with E-state index in [4.69, 9.17) is 9.47 Å². The molecule has 1 aliphatic carbocycles. The molecular weight excluding hydrogens is 574 g/mol. The van der Waals surface area contributed by atoms with Crippen LogP contribution in [-0.4, -0.2) is 23.8 Å². The lowest BCUT2D eigenvalue weighted by atomic mass is 9.95. The molecule has 0 fully saturated rings. The third-order valence-corrected chi connectivity index (χ3v) is 8.99. The molecule has 0 bridgehead atoms. The van der Waals surface area contributed by atoms with Crippen LogP contribution < -0.4 is 14.9 Å². The van der Waals surface area contributed by atoms with Gasteiger partial charge in [0, 0.05) is 26.3 Å². The topological polar surface area (TPSA) is 64.8 Å². The van der Waals surface area contributed by atoms with E-state index < -0.39 is 0 Å². The molecule has 39 heavy (non-hydrogen) atoms. The van der Waals surface area contributed by atoms with Crippen molar-refractivity contribution in [2.24, 2.45) is 5.10 Å². The highest BCUT2D eigenvalue weighted by Gasteiger charge is 2.27. The van der Waals surface area contributed by atoms with Gasteiger partial charge in [0.1, 0.15) is 11.6 Å². The molecule has 1 N–H and O–H groups in total. The van der Waals surface area contributed by atoms with Gasteiger partial charge in [-0.15, -0.1) is 11.3 Å². The average Bonchev–Trinajstić information content (AvgIpc) is 3.47. The van der Waals surface area contributed by atoms with Crippen LogP contribution in [0, 0.1) is 20.8 Å². The number of amides is 1. The molecule has 6 nitrogen and oxygen atoms in total. The van der Waals surface area contributed by atoms with Crippen LogP contribution in [-0.2, 0) is 19.4 Å². The Labute approximate surface area is 241 Å². The maximum absolute atomic E-state index is 13.5. The number of hydrazone groups is 1. The predicted octanol–water partition coefficient (Wildman–Crippen LogP) is 7.46. The summed E-state index contributed by atoms with van der Waals surface area (Å²) in [5.74, 6) is 1.03. The first-order valence-corrected chi connectivity index (χ1v) is 14.7. The van der Waals surface area contributed by atoms with Gasteiger partial charge in [0.2, 0.25) is 0 Å². The van der Waals surface area contributed by atoms with Crippen LogP contribution in [0.5, 0.6) is 11.5 Å². The first-order chi connectivity index (χ1) is 18.9. The number of thiophene rings is 1. The van der Waals surface area contributed by atoms with Crippen molar-refractivity contribution in [2.75, 3.05) is 7.11 Å². The molecule has 1 amide bonds. The van der Waals surface area contributed by atoms with Crippen molar-refractivity contribution in [3.05, 3.63) is 97.1 Å². The van der Waals surface area contributed by atoms with Crippen LogP contribution in [0.25, 0.3) is 5.00 Å². The van der Waals surface area contributed by atoms with E-state index in [2.05, 4.69) is 88.2 Å². The van der Waals surface area contributed by atoms with E-state index in [1.54, 1.807) is 24.7 Å². The number of benzene rings is 2. The first-order valence-electron chi connectivity index (χ1n) is 13.0. The molecule has 0 aliphatic heterocycles. The minimum Gasteiger partial charge on any atom is -0.493 e. The van der Waals surface area contributed by atoms with Gasteiger partial charge in [-0.05, 0) is 97.8 Å². The molecule has 0 unspecified atom stereocenters. The molecule has 0 atom stereocenters. The van der Waals surface area contributed by atoms with Gasteiger partial charge in [-0.1, -0.05) is 29.8 Å².